The molecule has 0 aliphatic carbocycles. The summed E-state index contributed by atoms with van der Waals surface area (Å²) < 4.78 is 0. The fraction of sp³-hybridized carbons (Fsp3) is 0.500. The molecule has 0 aliphatic rings. The fourth-order valence-electron chi connectivity index (χ4n) is 1.00. The summed E-state index contributed by atoms with van der Waals surface area (Å²) in [7, 11) is 0. The van der Waals surface area contributed by atoms with Gasteiger partial charge in [-0.05, 0) is 0 Å². The Balaban J connectivity index is -0.00000128. The average molecular weight is 309 g/mol. The Hall–Kier alpha value is 0.0997. The maximum Gasteiger partial charge on any atom is 2.00 e. The third kappa shape index (κ3) is 11.6. The Labute approximate surface area is 159 Å². The summed E-state index contributed by atoms with van der Waals surface area (Å²) in [5.41, 5.74) is 0. The molecule has 0 fully saturated rings. The van der Waals surface area contributed by atoms with Crippen LogP contribution in [0.4, 0.5) is 0 Å². The summed E-state index contributed by atoms with van der Waals surface area (Å²) in [5, 5.41) is 41.2. The van der Waals surface area contributed by atoms with Crippen molar-refractivity contribution in [3.63, 3.8) is 0 Å². The number of carboxylic acid groups (broad SMARTS) is 4. The number of aliphatic carboxylic acids is 4. The quantitative estimate of drug-likeness (QED) is 0.413. The van der Waals surface area contributed by atoms with Gasteiger partial charge in [0.25, 0.3) is 0 Å². The van der Waals surface area contributed by atoms with Crippen LogP contribution >= 0.6 is 0 Å². The molecule has 96 valence electrons. The van der Waals surface area contributed by atoms with Crippen molar-refractivity contribution >= 4 is 61.6 Å². The van der Waals surface area contributed by atoms with E-state index in [0.29, 0.717) is 0 Å². The Bertz CT molecular complexity index is 318. The van der Waals surface area contributed by atoms with Crippen LogP contribution < -0.4 is 50.2 Å². The fourth-order valence-corrected chi connectivity index (χ4v) is 1.00. The van der Waals surface area contributed by atoms with Crippen LogP contribution in [0.2, 0.25) is 0 Å². The maximum atomic E-state index is 10.5. The first kappa shape index (κ1) is 24.1. The van der Waals surface area contributed by atoms with E-state index in [2.05, 4.69) is 0 Å². The summed E-state index contributed by atoms with van der Waals surface area (Å²) in [6, 6.07) is -3.71. The summed E-state index contributed by atoms with van der Waals surface area (Å²) in [4.78, 5) is 41.3. The smallest absolute Gasteiger partial charge is 0.550 e. The minimum Gasteiger partial charge on any atom is -0.550 e. The van der Waals surface area contributed by atoms with Crippen LogP contribution in [0.25, 0.3) is 0 Å². The topological polar surface area (TPSA) is 170 Å². The van der Waals surface area contributed by atoms with Gasteiger partial charge in [-0.3, -0.25) is 4.79 Å². The molecule has 2 atom stereocenters. The molecule has 11 heteroatoms. The Morgan fingerprint density at radius 2 is 1.32 bits per heavy atom. The second-order valence-corrected chi connectivity index (χ2v) is 3.08. The van der Waals surface area contributed by atoms with Crippen LogP contribution in [0.1, 0.15) is 12.8 Å². The maximum absolute atomic E-state index is 10.5. The molecule has 9 nitrogen and oxygen atoms in total. The van der Waals surface area contributed by atoms with Gasteiger partial charge in [-0.2, -0.15) is 0 Å². The first-order valence-electron chi connectivity index (χ1n) is 4.33. The van der Waals surface area contributed by atoms with Gasteiger partial charge in [0.2, 0.25) is 0 Å². The van der Waals surface area contributed by atoms with Crippen LogP contribution in [-0.4, -0.2) is 78.8 Å². The van der Waals surface area contributed by atoms with Crippen molar-refractivity contribution in [1.82, 2.24) is 5.32 Å². The molecule has 0 spiro atoms. The van der Waals surface area contributed by atoms with Gasteiger partial charge in [-0.25, -0.2) is 0 Å². The van der Waals surface area contributed by atoms with Gasteiger partial charge in [-0.1, -0.05) is 0 Å². The van der Waals surface area contributed by atoms with Gasteiger partial charge in [0, 0.05) is 12.4 Å². The van der Waals surface area contributed by atoms with E-state index in [1.165, 1.54) is 0 Å². The van der Waals surface area contributed by atoms with Crippen molar-refractivity contribution in [2.24, 2.45) is 0 Å². The van der Waals surface area contributed by atoms with Crippen molar-refractivity contribution in [2.75, 3.05) is 0 Å². The number of nitrogens with one attached hydrogen (secondary N) is 1. The molecule has 0 heterocycles. The molecule has 2 N–H and O–H groups in total. The normalized spacial score (nSPS) is 12.2. The molecule has 0 bridgehead atoms. The van der Waals surface area contributed by atoms with E-state index >= 15 is 0 Å². The molecule has 0 aliphatic heterocycles. The van der Waals surface area contributed by atoms with E-state index < -0.39 is 48.8 Å². The van der Waals surface area contributed by atoms with Gasteiger partial charge in [0.15, 0.2) is 0 Å². The largest absolute Gasteiger partial charge is 2.00 e. The van der Waals surface area contributed by atoms with E-state index in [1.54, 1.807) is 5.32 Å². The molecule has 0 rings (SSSR count). The minimum atomic E-state index is -1.88. The van der Waals surface area contributed by atoms with E-state index in [-0.39, 0.29) is 67.3 Å². The number of hydrogen-bond donors (Lipinski definition) is 2. The molecule has 0 saturated carbocycles. The van der Waals surface area contributed by atoms with E-state index in [0.717, 1.165) is 0 Å². The Kier molecular flexibility index (Phi) is 15.1. The van der Waals surface area contributed by atoms with Crippen LogP contribution in [0.15, 0.2) is 0 Å². The van der Waals surface area contributed by atoms with E-state index in [1.807, 2.05) is 0 Å². The van der Waals surface area contributed by atoms with Crippen LogP contribution in [-0.2, 0) is 19.2 Å². The predicted octanol–water partition coefficient (Wildman–Crippen LogP) is -8.95. The van der Waals surface area contributed by atoms with Crippen molar-refractivity contribution < 1.29 is 69.2 Å². The molecule has 0 aromatic carbocycles. The average Bonchev–Trinajstić information content (AvgIpc) is 2.13. The third-order valence-corrected chi connectivity index (χ3v) is 1.72. The monoisotopic (exact) mass is 309 g/mol. The van der Waals surface area contributed by atoms with Gasteiger partial charge in [-0.15, -0.1) is 0 Å². The number of carbonyl (C=O) groups excluding carboxylic acids is 3. The van der Waals surface area contributed by atoms with Gasteiger partial charge >= 0.3 is 73.3 Å². The second-order valence-electron chi connectivity index (χ2n) is 3.08. The zero-order valence-corrected chi connectivity index (χ0v) is 14.3. The number of hydrogen-bond acceptors (Lipinski definition) is 8. The van der Waals surface area contributed by atoms with E-state index in [4.69, 9.17) is 5.11 Å². The molecular formula is C8H8CaNNaO8. The standard InChI is InChI=1S/C8H11NO8.Ca.Na/c10-5(11)1-3(7(14)15)9-4(8(16)17)2-6(12)13;;/h3-4,9H,1-2H2,(H,10,11)(H,12,13)(H,14,15)(H,16,17);;/q;+2;+1/p-3. The van der Waals surface area contributed by atoms with Crippen LogP contribution in [0, 0.1) is 0 Å². The van der Waals surface area contributed by atoms with Crippen molar-refractivity contribution in [1.29, 1.82) is 0 Å². The summed E-state index contributed by atoms with van der Waals surface area (Å²) in [6.45, 7) is 0. The first-order chi connectivity index (χ1) is 7.73. The van der Waals surface area contributed by atoms with Gasteiger partial charge in [0.05, 0.1) is 30.4 Å². The summed E-state index contributed by atoms with van der Waals surface area (Å²) in [6.07, 6.45) is -2.01. The molecule has 0 saturated heterocycles. The zero-order valence-electron chi connectivity index (χ0n) is 10.1. The minimum absolute atomic E-state index is 0. The second kappa shape index (κ2) is 11.9. The number of carboxylic acids is 4. The van der Waals surface area contributed by atoms with Gasteiger partial charge in [0.1, 0.15) is 0 Å². The molecule has 2 unspecified atom stereocenters. The molecule has 0 aromatic rings. The first-order valence-corrected chi connectivity index (χ1v) is 4.33. The molecule has 19 heavy (non-hydrogen) atoms. The summed E-state index contributed by atoms with van der Waals surface area (Å²) >= 11 is 0. The zero-order chi connectivity index (χ0) is 13.6. The number of rotatable bonds is 8. The molecular weight excluding hydrogens is 301 g/mol. The predicted molar refractivity (Wildman–Crippen MR) is 48.4 cm³/mol. The van der Waals surface area contributed by atoms with Crippen molar-refractivity contribution in [3.05, 3.63) is 0 Å². The number of carbonyl (C=O) groups is 4. The Morgan fingerprint density at radius 1 is 0.947 bits per heavy atom. The van der Waals surface area contributed by atoms with Crippen molar-refractivity contribution in [2.45, 2.75) is 24.9 Å². The Morgan fingerprint density at radius 3 is 1.58 bits per heavy atom. The van der Waals surface area contributed by atoms with Crippen LogP contribution in [0.5, 0.6) is 0 Å². The summed E-state index contributed by atoms with van der Waals surface area (Å²) in [5.74, 6) is -7.01. The van der Waals surface area contributed by atoms with Gasteiger partial charge < -0.3 is 40.1 Å². The SMILES string of the molecule is O=C([O-])CC(NC(CC(=O)O)C(=O)[O-])C(=O)[O-].[Ca+2].[Na+]. The van der Waals surface area contributed by atoms with Crippen LogP contribution in [0.3, 0.4) is 0 Å². The van der Waals surface area contributed by atoms with Crippen molar-refractivity contribution in [3.8, 4) is 0 Å². The molecule has 0 amide bonds. The molecule has 0 radical (unpaired) electrons. The molecule has 0 aromatic heterocycles. The van der Waals surface area contributed by atoms with E-state index in [9.17, 15) is 34.5 Å². The third-order valence-electron chi connectivity index (χ3n) is 1.72.